The first-order valence-corrected chi connectivity index (χ1v) is 11.7. The molecular weight excluding hydrogens is 426 g/mol. The summed E-state index contributed by atoms with van der Waals surface area (Å²) in [6, 6.07) is 20.5. The fourth-order valence-corrected chi connectivity index (χ4v) is 5.18. The fraction of sp³-hybridized carbons (Fsp3) is 0.167. The number of hydrogen-bond donors (Lipinski definition) is 0. The zero-order valence-electron chi connectivity index (χ0n) is 17.2. The molecule has 3 heterocycles. The molecule has 2 aromatic heterocycles. The highest BCUT2D eigenvalue weighted by Gasteiger charge is 2.32. The molecule has 0 saturated carbocycles. The Balaban J connectivity index is 1.49. The third-order valence-corrected chi connectivity index (χ3v) is 7.04. The zero-order chi connectivity index (χ0) is 21.2. The molecule has 1 aliphatic rings. The van der Waals surface area contributed by atoms with Gasteiger partial charge in [-0.25, -0.2) is 9.99 Å². The van der Waals surface area contributed by atoms with Crippen molar-refractivity contribution < 1.29 is 9.47 Å². The number of aromatic nitrogens is 1. The van der Waals surface area contributed by atoms with Crippen molar-refractivity contribution in [2.24, 2.45) is 5.10 Å². The highest BCUT2D eigenvalue weighted by Crippen LogP contribution is 2.40. The first-order valence-electron chi connectivity index (χ1n) is 9.89. The molecule has 0 N–H and O–H groups in total. The molecule has 0 bridgehead atoms. The molecule has 7 heteroatoms. The first kappa shape index (κ1) is 19.8. The van der Waals surface area contributed by atoms with E-state index in [1.807, 2.05) is 36.4 Å². The summed E-state index contributed by atoms with van der Waals surface area (Å²) in [7, 11) is 3.36. The minimum atomic E-state index is 0.0953. The Morgan fingerprint density at radius 2 is 1.61 bits per heavy atom. The lowest BCUT2D eigenvalue weighted by Gasteiger charge is -2.21. The van der Waals surface area contributed by atoms with Gasteiger partial charge in [-0.3, -0.25) is 0 Å². The Labute approximate surface area is 189 Å². The van der Waals surface area contributed by atoms with Gasteiger partial charge in [0.05, 0.1) is 36.5 Å². The molecule has 156 valence electrons. The number of thiazole rings is 1. The van der Waals surface area contributed by atoms with Gasteiger partial charge < -0.3 is 9.47 Å². The number of nitrogens with zero attached hydrogens (tertiary/aromatic N) is 3. The highest BCUT2D eigenvalue weighted by molar-refractivity contribution is 7.14. The van der Waals surface area contributed by atoms with Crippen LogP contribution in [-0.4, -0.2) is 24.9 Å². The van der Waals surface area contributed by atoms with Crippen LogP contribution in [0.1, 0.15) is 22.9 Å². The summed E-state index contributed by atoms with van der Waals surface area (Å²) in [5, 5.41) is 12.1. The second-order valence-electron chi connectivity index (χ2n) is 7.11. The molecule has 0 spiro atoms. The van der Waals surface area contributed by atoms with Crippen molar-refractivity contribution in [1.82, 2.24) is 4.98 Å². The number of methoxy groups -OCH3 is 2. The predicted molar refractivity (Wildman–Crippen MR) is 128 cm³/mol. The second-order valence-corrected chi connectivity index (χ2v) is 8.89. The zero-order valence-corrected chi connectivity index (χ0v) is 18.8. The molecule has 31 heavy (non-hydrogen) atoms. The van der Waals surface area contributed by atoms with Crippen LogP contribution in [0.4, 0.5) is 5.13 Å². The molecule has 0 unspecified atom stereocenters. The van der Waals surface area contributed by atoms with Crippen LogP contribution < -0.4 is 14.5 Å². The van der Waals surface area contributed by atoms with Crippen molar-refractivity contribution in [3.8, 4) is 22.8 Å². The summed E-state index contributed by atoms with van der Waals surface area (Å²) in [6.07, 6.45) is 0.838. The average Bonchev–Trinajstić information content (AvgIpc) is 3.59. The molecule has 5 nitrogen and oxygen atoms in total. The van der Waals surface area contributed by atoms with Gasteiger partial charge in [0, 0.05) is 17.4 Å². The number of benzene rings is 2. The normalized spacial score (nSPS) is 15.7. The number of hydrazone groups is 1. The lowest BCUT2D eigenvalue weighted by Crippen LogP contribution is -2.18. The predicted octanol–water partition coefficient (Wildman–Crippen LogP) is 6.24. The van der Waals surface area contributed by atoms with Crippen molar-refractivity contribution in [3.63, 3.8) is 0 Å². The van der Waals surface area contributed by atoms with E-state index >= 15 is 0 Å². The molecule has 0 radical (unpaired) electrons. The molecule has 0 aliphatic carbocycles. The maximum atomic E-state index is 5.33. The standard InChI is InChI=1S/C24H21N3O2S2/c1-28-18-9-5-16(6-10-18)21-15-31-24(25-21)27-22(17-7-11-19(29-2)12-8-17)14-20(26-27)23-4-3-13-30-23/h3-13,15,22H,14H2,1-2H3/t22-/m1/s1. The average molecular weight is 448 g/mol. The van der Waals surface area contributed by atoms with E-state index < -0.39 is 0 Å². The van der Waals surface area contributed by atoms with E-state index in [0.717, 1.165) is 40.0 Å². The van der Waals surface area contributed by atoms with Crippen molar-refractivity contribution in [1.29, 1.82) is 0 Å². The van der Waals surface area contributed by atoms with E-state index in [-0.39, 0.29) is 6.04 Å². The molecule has 1 atom stereocenters. The van der Waals surface area contributed by atoms with Crippen LogP contribution in [0, 0.1) is 0 Å². The Morgan fingerprint density at radius 3 is 2.26 bits per heavy atom. The molecule has 5 rings (SSSR count). The quantitative estimate of drug-likeness (QED) is 0.351. The smallest absolute Gasteiger partial charge is 0.207 e. The SMILES string of the molecule is COc1ccc(-c2csc(N3N=C(c4cccs4)C[C@@H]3c3ccc(OC)cc3)n2)cc1. The van der Waals surface area contributed by atoms with E-state index in [1.165, 1.54) is 10.4 Å². The van der Waals surface area contributed by atoms with E-state index in [0.29, 0.717) is 0 Å². The van der Waals surface area contributed by atoms with Crippen LogP contribution in [0.3, 0.4) is 0 Å². The molecular formula is C24H21N3O2S2. The fourth-order valence-electron chi connectivity index (χ4n) is 3.63. The third-order valence-electron chi connectivity index (χ3n) is 5.29. The minimum Gasteiger partial charge on any atom is -0.497 e. The number of ether oxygens (including phenoxy) is 2. The lowest BCUT2D eigenvalue weighted by atomic mass is 10.0. The van der Waals surface area contributed by atoms with Crippen LogP contribution in [0.5, 0.6) is 11.5 Å². The molecule has 0 saturated heterocycles. The van der Waals surface area contributed by atoms with E-state index in [4.69, 9.17) is 19.6 Å². The lowest BCUT2D eigenvalue weighted by molar-refractivity contribution is 0.414. The Morgan fingerprint density at radius 1 is 0.903 bits per heavy atom. The van der Waals surface area contributed by atoms with Crippen LogP contribution >= 0.6 is 22.7 Å². The van der Waals surface area contributed by atoms with Crippen LogP contribution in [0.25, 0.3) is 11.3 Å². The van der Waals surface area contributed by atoms with Crippen molar-refractivity contribution in [2.45, 2.75) is 12.5 Å². The number of rotatable bonds is 6. The van der Waals surface area contributed by atoms with Gasteiger partial charge in [-0.1, -0.05) is 18.2 Å². The Bertz CT molecular complexity index is 1180. The summed E-state index contributed by atoms with van der Waals surface area (Å²) in [6.45, 7) is 0. The second kappa shape index (κ2) is 8.53. The number of anilines is 1. The number of hydrogen-bond acceptors (Lipinski definition) is 7. The summed E-state index contributed by atoms with van der Waals surface area (Å²) in [5.74, 6) is 1.69. The topological polar surface area (TPSA) is 47.0 Å². The van der Waals surface area contributed by atoms with Gasteiger partial charge in [-0.15, -0.1) is 22.7 Å². The maximum Gasteiger partial charge on any atom is 0.207 e. The van der Waals surface area contributed by atoms with Gasteiger partial charge in [0.2, 0.25) is 5.13 Å². The summed E-state index contributed by atoms with van der Waals surface area (Å²) in [4.78, 5) is 6.12. The molecule has 2 aromatic carbocycles. The summed E-state index contributed by atoms with van der Waals surface area (Å²) >= 11 is 3.33. The van der Waals surface area contributed by atoms with Gasteiger partial charge >= 0.3 is 0 Å². The van der Waals surface area contributed by atoms with Crippen LogP contribution in [0.2, 0.25) is 0 Å². The van der Waals surface area contributed by atoms with E-state index in [1.54, 1.807) is 36.9 Å². The molecule has 0 fully saturated rings. The first-order chi connectivity index (χ1) is 15.2. The Kier molecular flexibility index (Phi) is 5.44. The summed E-state index contributed by atoms with van der Waals surface area (Å²) in [5.41, 5.74) is 4.29. The van der Waals surface area contributed by atoms with Crippen LogP contribution in [0.15, 0.2) is 76.5 Å². The van der Waals surface area contributed by atoms with Gasteiger partial charge in [0.15, 0.2) is 0 Å². The minimum absolute atomic E-state index is 0.0953. The molecule has 4 aromatic rings. The Hall–Kier alpha value is -3.16. The van der Waals surface area contributed by atoms with E-state index in [9.17, 15) is 0 Å². The van der Waals surface area contributed by atoms with Gasteiger partial charge in [-0.2, -0.15) is 5.10 Å². The maximum absolute atomic E-state index is 5.33. The molecule has 1 aliphatic heterocycles. The monoisotopic (exact) mass is 447 g/mol. The van der Waals surface area contributed by atoms with Gasteiger partial charge in [0.1, 0.15) is 11.5 Å². The van der Waals surface area contributed by atoms with Gasteiger partial charge in [0.25, 0.3) is 0 Å². The highest BCUT2D eigenvalue weighted by atomic mass is 32.1. The van der Waals surface area contributed by atoms with Crippen molar-refractivity contribution in [2.75, 3.05) is 19.2 Å². The summed E-state index contributed by atoms with van der Waals surface area (Å²) < 4.78 is 10.6. The number of thiophene rings is 1. The third kappa shape index (κ3) is 3.94. The van der Waals surface area contributed by atoms with Crippen LogP contribution in [-0.2, 0) is 0 Å². The van der Waals surface area contributed by atoms with Gasteiger partial charge in [-0.05, 0) is 53.4 Å². The van der Waals surface area contributed by atoms with Crippen molar-refractivity contribution >= 4 is 33.5 Å². The van der Waals surface area contributed by atoms with Crippen molar-refractivity contribution in [3.05, 3.63) is 81.9 Å². The molecule has 0 amide bonds. The van der Waals surface area contributed by atoms with E-state index in [2.05, 4.69) is 40.0 Å². The largest absolute Gasteiger partial charge is 0.497 e.